The first-order valence-corrected chi connectivity index (χ1v) is 6.13. The van der Waals surface area contributed by atoms with Crippen LogP contribution in [-0.4, -0.2) is 55.4 Å². The third-order valence-electron chi connectivity index (χ3n) is 2.42. The van der Waals surface area contributed by atoms with Crippen molar-refractivity contribution in [3.05, 3.63) is 0 Å². The zero-order valence-electron chi connectivity index (χ0n) is 11.6. The van der Waals surface area contributed by atoms with Gasteiger partial charge in [0.05, 0.1) is 12.5 Å². The number of nitrogens with zero attached hydrogens (tertiary/aromatic N) is 1. The van der Waals surface area contributed by atoms with E-state index in [1.54, 1.807) is 18.9 Å². The second-order valence-electron chi connectivity index (χ2n) is 4.76. The lowest BCUT2D eigenvalue weighted by Crippen LogP contribution is -2.45. The Morgan fingerprint density at radius 1 is 1.33 bits per heavy atom. The Kier molecular flexibility index (Phi) is 8.11. The smallest absolute Gasteiger partial charge is 0.317 e. The lowest BCUT2D eigenvalue weighted by Gasteiger charge is -2.25. The van der Waals surface area contributed by atoms with Crippen molar-refractivity contribution in [2.75, 3.05) is 33.4 Å². The van der Waals surface area contributed by atoms with Gasteiger partial charge in [-0.3, -0.25) is 4.79 Å². The summed E-state index contributed by atoms with van der Waals surface area (Å²) < 4.78 is 4.95. The molecule has 0 aliphatic carbocycles. The maximum atomic E-state index is 11.9. The summed E-state index contributed by atoms with van der Waals surface area (Å²) in [6.45, 7) is 7.33. The predicted molar refractivity (Wildman–Crippen MR) is 68.5 cm³/mol. The molecule has 0 saturated carbocycles. The van der Waals surface area contributed by atoms with Gasteiger partial charge in [0, 0.05) is 26.7 Å². The van der Waals surface area contributed by atoms with Gasteiger partial charge in [-0.15, -0.1) is 0 Å². The standard InChI is InChI=1S/C12H24N2O4/c1-9(2)8-14(5-6-18-4)12(17)13-7-10(3)11(15)16/h9-10H,5-8H2,1-4H3,(H,13,17)(H,15,16). The highest BCUT2D eigenvalue weighted by atomic mass is 16.5. The highest BCUT2D eigenvalue weighted by Gasteiger charge is 2.17. The number of rotatable bonds is 8. The van der Waals surface area contributed by atoms with Crippen LogP contribution < -0.4 is 5.32 Å². The maximum Gasteiger partial charge on any atom is 0.317 e. The van der Waals surface area contributed by atoms with Crippen LogP contribution in [-0.2, 0) is 9.53 Å². The molecular weight excluding hydrogens is 236 g/mol. The molecule has 0 heterocycles. The number of hydrogen-bond acceptors (Lipinski definition) is 3. The maximum absolute atomic E-state index is 11.9. The molecule has 1 unspecified atom stereocenters. The molecule has 0 fully saturated rings. The van der Waals surface area contributed by atoms with E-state index in [1.165, 1.54) is 0 Å². The van der Waals surface area contributed by atoms with E-state index in [0.717, 1.165) is 0 Å². The highest BCUT2D eigenvalue weighted by molar-refractivity contribution is 5.75. The summed E-state index contributed by atoms with van der Waals surface area (Å²) in [5.41, 5.74) is 0. The molecule has 0 saturated heterocycles. The minimum absolute atomic E-state index is 0.135. The van der Waals surface area contributed by atoms with E-state index in [9.17, 15) is 9.59 Å². The van der Waals surface area contributed by atoms with Crippen molar-refractivity contribution in [1.29, 1.82) is 0 Å². The molecule has 0 aliphatic rings. The molecule has 1 atom stereocenters. The van der Waals surface area contributed by atoms with Gasteiger partial charge in [0.25, 0.3) is 0 Å². The Hall–Kier alpha value is -1.30. The van der Waals surface area contributed by atoms with Crippen LogP contribution >= 0.6 is 0 Å². The van der Waals surface area contributed by atoms with Crippen LogP contribution in [0.5, 0.6) is 0 Å². The van der Waals surface area contributed by atoms with Crippen molar-refractivity contribution in [1.82, 2.24) is 10.2 Å². The Bertz CT molecular complexity index is 269. The molecule has 0 bridgehead atoms. The largest absolute Gasteiger partial charge is 0.481 e. The summed E-state index contributed by atoms with van der Waals surface area (Å²) in [4.78, 5) is 24.2. The van der Waals surface area contributed by atoms with E-state index in [2.05, 4.69) is 5.32 Å². The zero-order valence-corrected chi connectivity index (χ0v) is 11.6. The number of ether oxygens (including phenoxy) is 1. The number of carbonyl (C=O) groups is 2. The van der Waals surface area contributed by atoms with Crippen molar-refractivity contribution >= 4 is 12.0 Å². The SMILES string of the molecule is COCCN(CC(C)C)C(=O)NCC(C)C(=O)O. The first-order chi connectivity index (χ1) is 8.38. The molecule has 0 spiro atoms. The molecular formula is C12H24N2O4. The Morgan fingerprint density at radius 2 is 1.94 bits per heavy atom. The van der Waals surface area contributed by atoms with Gasteiger partial charge in [0.2, 0.25) is 0 Å². The van der Waals surface area contributed by atoms with Gasteiger partial charge in [-0.2, -0.15) is 0 Å². The summed E-state index contributed by atoms with van der Waals surface area (Å²) >= 11 is 0. The fraction of sp³-hybridized carbons (Fsp3) is 0.833. The van der Waals surface area contributed by atoms with Crippen molar-refractivity contribution in [2.45, 2.75) is 20.8 Å². The average molecular weight is 260 g/mol. The van der Waals surface area contributed by atoms with Gasteiger partial charge in [0.15, 0.2) is 0 Å². The van der Waals surface area contributed by atoms with Crippen molar-refractivity contribution in [3.8, 4) is 0 Å². The second kappa shape index (κ2) is 8.74. The number of carbonyl (C=O) groups excluding carboxylic acids is 1. The van der Waals surface area contributed by atoms with Crippen LogP contribution in [0.4, 0.5) is 4.79 Å². The minimum Gasteiger partial charge on any atom is -0.481 e. The number of amides is 2. The predicted octanol–water partition coefficient (Wildman–Crippen LogP) is 1.02. The van der Waals surface area contributed by atoms with E-state index < -0.39 is 11.9 Å². The topological polar surface area (TPSA) is 78.9 Å². The third kappa shape index (κ3) is 7.11. The fourth-order valence-corrected chi connectivity index (χ4v) is 1.36. The summed E-state index contributed by atoms with van der Waals surface area (Å²) in [5, 5.41) is 11.4. The monoisotopic (exact) mass is 260 g/mol. The van der Waals surface area contributed by atoms with E-state index in [4.69, 9.17) is 9.84 Å². The molecule has 0 aliphatic heterocycles. The van der Waals surface area contributed by atoms with Gasteiger partial charge in [-0.1, -0.05) is 20.8 Å². The lowest BCUT2D eigenvalue weighted by atomic mass is 10.2. The Balaban J connectivity index is 4.23. The number of methoxy groups -OCH3 is 1. The molecule has 0 aromatic carbocycles. The van der Waals surface area contributed by atoms with Crippen LogP contribution in [0.2, 0.25) is 0 Å². The quantitative estimate of drug-likeness (QED) is 0.683. The molecule has 6 heteroatoms. The first kappa shape index (κ1) is 16.7. The molecule has 18 heavy (non-hydrogen) atoms. The van der Waals surface area contributed by atoms with Gasteiger partial charge in [-0.25, -0.2) is 4.79 Å². The van der Waals surface area contributed by atoms with Gasteiger partial charge in [-0.05, 0) is 5.92 Å². The Labute approximate surface area is 108 Å². The number of carboxylic acid groups (broad SMARTS) is 1. The number of aliphatic carboxylic acids is 1. The molecule has 106 valence electrons. The van der Waals surface area contributed by atoms with Crippen LogP contribution in [0.1, 0.15) is 20.8 Å². The molecule has 0 rings (SSSR count). The van der Waals surface area contributed by atoms with Gasteiger partial charge < -0.3 is 20.1 Å². The lowest BCUT2D eigenvalue weighted by molar-refractivity contribution is -0.140. The van der Waals surface area contributed by atoms with E-state index in [1.807, 2.05) is 13.8 Å². The molecule has 0 aromatic heterocycles. The molecule has 6 nitrogen and oxygen atoms in total. The second-order valence-corrected chi connectivity index (χ2v) is 4.76. The first-order valence-electron chi connectivity index (χ1n) is 6.13. The van der Waals surface area contributed by atoms with E-state index in [0.29, 0.717) is 25.6 Å². The highest BCUT2D eigenvalue weighted by Crippen LogP contribution is 2.00. The van der Waals surface area contributed by atoms with Crippen molar-refractivity contribution in [3.63, 3.8) is 0 Å². The normalized spacial score (nSPS) is 12.3. The summed E-state index contributed by atoms with van der Waals surface area (Å²) in [6.07, 6.45) is 0. The van der Waals surface area contributed by atoms with Crippen molar-refractivity contribution < 1.29 is 19.4 Å². The summed E-state index contributed by atoms with van der Waals surface area (Å²) in [6, 6.07) is -0.242. The fourth-order valence-electron chi connectivity index (χ4n) is 1.36. The number of nitrogens with one attached hydrogen (secondary N) is 1. The van der Waals surface area contributed by atoms with Crippen molar-refractivity contribution in [2.24, 2.45) is 11.8 Å². The average Bonchev–Trinajstić information content (AvgIpc) is 2.30. The van der Waals surface area contributed by atoms with Crippen LogP contribution in [0.15, 0.2) is 0 Å². The molecule has 0 aromatic rings. The molecule has 2 amide bonds. The Morgan fingerprint density at radius 3 is 2.39 bits per heavy atom. The summed E-state index contributed by atoms with van der Waals surface area (Å²) in [5.74, 6) is -1.15. The summed E-state index contributed by atoms with van der Waals surface area (Å²) in [7, 11) is 1.58. The van der Waals surface area contributed by atoms with Gasteiger partial charge >= 0.3 is 12.0 Å². The van der Waals surface area contributed by atoms with Crippen LogP contribution in [0.25, 0.3) is 0 Å². The van der Waals surface area contributed by atoms with Crippen LogP contribution in [0.3, 0.4) is 0 Å². The van der Waals surface area contributed by atoms with E-state index in [-0.39, 0.29) is 12.6 Å². The minimum atomic E-state index is -0.914. The zero-order chi connectivity index (χ0) is 14.1. The molecule has 0 radical (unpaired) electrons. The number of carboxylic acids is 1. The van der Waals surface area contributed by atoms with Crippen LogP contribution in [0, 0.1) is 11.8 Å². The molecule has 2 N–H and O–H groups in total. The van der Waals surface area contributed by atoms with E-state index >= 15 is 0 Å². The number of urea groups is 1. The van der Waals surface area contributed by atoms with Gasteiger partial charge in [0.1, 0.15) is 0 Å². The third-order valence-corrected chi connectivity index (χ3v) is 2.42. The number of hydrogen-bond donors (Lipinski definition) is 2.